The fourth-order valence-corrected chi connectivity index (χ4v) is 2.20. The van der Waals surface area contributed by atoms with E-state index in [1.807, 2.05) is 18.5 Å². The van der Waals surface area contributed by atoms with Gasteiger partial charge in [0.15, 0.2) is 0 Å². The molecule has 0 spiro atoms. The van der Waals surface area contributed by atoms with Crippen molar-refractivity contribution < 1.29 is 0 Å². The molecular formula is C17H24N4. The summed E-state index contributed by atoms with van der Waals surface area (Å²) in [6, 6.07) is 12.6. The molecule has 0 aliphatic heterocycles. The molecule has 0 saturated carbocycles. The van der Waals surface area contributed by atoms with Crippen LogP contribution in [0.25, 0.3) is 0 Å². The van der Waals surface area contributed by atoms with Crippen molar-refractivity contribution in [2.24, 2.45) is 0 Å². The molecule has 0 radical (unpaired) electrons. The summed E-state index contributed by atoms with van der Waals surface area (Å²) < 4.78 is 0. The summed E-state index contributed by atoms with van der Waals surface area (Å²) in [6.45, 7) is 4.96. The lowest BCUT2D eigenvalue weighted by Gasteiger charge is -2.19. The van der Waals surface area contributed by atoms with E-state index in [0.717, 1.165) is 37.4 Å². The molecule has 1 aromatic heterocycles. The van der Waals surface area contributed by atoms with E-state index in [1.165, 1.54) is 5.69 Å². The van der Waals surface area contributed by atoms with Gasteiger partial charge >= 0.3 is 0 Å². The molecule has 0 aliphatic rings. The van der Waals surface area contributed by atoms with Gasteiger partial charge in [-0.25, -0.2) is 0 Å². The van der Waals surface area contributed by atoms with Crippen molar-refractivity contribution >= 4 is 17.1 Å². The molecule has 1 heterocycles. The molecule has 0 unspecified atom stereocenters. The molecule has 4 heteroatoms. The van der Waals surface area contributed by atoms with E-state index in [-0.39, 0.29) is 0 Å². The molecule has 2 N–H and O–H groups in total. The summed E-state index contributed by atoms with van der Waals surface area (Å²) in [5, 5.41) is 6.69. The molecule has 2 rings (SSSR count). The fraction of sp³-hybridized carbons (Fsp3) is 0.353. The van der Waals surface area contributed by atoms with E-state index >= 15 is 0 Å². The van der Waals surface area contributed by atoms with Gasteiger partial charge in [0.2, 0.25) is 0 Å². The van der Waals surface area contributed by atoms with Crippen LogP contribution in [0.5, 0.6) is 0 Å². The van der Waals surface area contributed by atoms with Gasteiger partial charge in [0.1, 0.15) is 0 Å². The molecule has 112 valence electrons. The number of hydrogen-bond donors (Lipinski definition) is 2. The molecule has 0 bridgehead atoms. The Bertz CT molecular complexity index is 527. The summed E-state index contributed by atoms with van der Waals surface area (Å²) in [4.78, 5) is 6.50. The van der Waals surface area contributed by atoms with Gasteiger partial charge in [-0.05, 0) is 31.5 Å². The summed E-state index contributed by atoms with van der Waals surface area (Å²) in [5.74, 6) is 0. The molecule has 0 fully saturated rings. The fourth-order valence-electron chi connectivity index (χ4n) is 2.20. The molecule has 0 atom stereocenters. The number of nitrogens with zero attached hydrogens (tertiary/aromatic N) is 2. The van der Waals surface area contributed by atoms with Crippen LogP contribution in [0, 0.1) is 0 Å². The van der Waals surface area contributed by atoms with Gasteiger partial charge in [-0.2, -0.15) is 0 Å². The van der Waals surface area contributed by atoms with Crippen LogP contribution in [0.2, 0.25) is 0 Å². The molecule has 4 nitrogen and oxygen atoms in total. The Morgan fingerprint density at radius 1 is 1.05 bits per heavy atom. The Kier molecular flexibility index (Phi) is 5.88. The van der Waals surface area contributed by atoms with Gasteiger partial charge in [0, 0.05) is 32.4 Å². The highest BCUT2D eigenvalue weighted by molar-refractivity contribution is 5.53. The zero-order valence-electron chi connectivity index (χ0n) is 12.8. The first kappa shape index (κ1) is 15.2. The van der Waals surface area contributed by atoms with E-state index in [1.54, 1.807) is 0 Å². The van der Waals surface area contributed by atoms with E-state index in [2.05, 4.69) is 64.8 Å². The number of aromatic nitrogens is 1. The summed E-state index contributed by atoms with van der Waals surface area (Å²) in [7, 11) is 2.13. The molecule has 0 saturated heterocycles. The molecule has 2 aromatic rings. The smallest absolute Gasteiger partial charge is 0.0547 e. The van der Waals surface area contributed by atoms with E-state index in [4.69, 9.17) is 0 Å². The van der Waals surface area contributed by atoms with Crippen LogP contribution in [0.1, 0.15) is 13.3 Å². The van der Waals surface area contributed by atoms with Crippen molar-refractivity contribution in [1.29, 1.82) is 0 Å². The van der Waals surface area contributed by atoms with Gasteiger partial charge in [0.05, 0.1) is 23.8 Å². The maximum absolute atomic E-state index is 4.23. The second-order valence-electron chi connectivity index (χ2n) is 5.03. The lowest BCUT2D eigenvalue weighted by atomic mass is 10.3. The summed E-state index contributed by atoms with van der Waals surface area (Å²) >= 11 is 0. The second kappa shape index (κ2) is 8.15. The first-order valence-corrected chi connectivity index (χ1v) is 7.48. The number of hydrogen-bond acceptors (Lipinski definition) is 4. The predicted molar refractivity (Wildman–Crippen MR) is 91.2 cm³/mol. The minimum atomic E-state index is 0.910. The third kappa shape index (κ3) is 4.99. The predicted octanol–water partition coefficient (Wildman–Crippen LogP) is 3.45. The molecule has 1 aromatic carbocycles. The third-order valence-electron chi connectivity index (χ3n) is 3.32. The van der Waals surface area contributed by atoms with Crippen LogP contribution in [0.15, 0.2) is 48.8 Å². The van der Waals surface area contributed by atoms with E-state index < -0.39 is 0 Å². The maximum atomic E-state index is 4.23. The van der Waals surface area contributed by atoms with Crippen LogP contribution in [-0.4, -0.2) is 31.7 Å². The van der Waals surface area contributed by atoms with Gasteiger partial charge in [-0.1, -0.05) is 18.2 Å². The van der Waals surface area contributed by atoms with Crippen LogP contribution in [-0.2, 0) is 0 Å². The second-order valence-corrected chi connectivity index (χ2v) is 5.03. The van der Waals surface area contributed by atoms with E-state index in [0.29, 0.717) is 0 Å². The van der Waals surface area contributed by atoms with Crippen molar-refractivity contribution in [2.45, 2.75) is 13.3 Å². The van der Waals surface area contributed by atoms with Crippen LogP contribution in [0.4, 0.5) is 17.1 Å². The first-order valence-electron chi connectivity index (χ1n) is 7.48. The van der Waals surface area contributed by atoms with Gasteiger partial charge in [-0.3, -0.25) is 4.98 Å². The van der Waals surface area contributed by atoms with Crippen LogP contribution < -0.4 is 15.5 Å². The van der Waals surface area contributed by atoms with Crippen LogP contribution >= 0.6 is 0 Å². The van der Waals surface area contributed by atoms with Gasteiger partial charge in [0.25, 0.3) is 0 Å². The third-order valence-corrected chi connectivity index (χ3v) is 3.32. The number of rotatable bonds is 8. The quantitative estimate of drug-likeness (QED) is 0.728. The topological polar surface area (TPSA) is 40.2 Å². The van der Waals surface area contributed by atoms with Gasteiger partial charge < -0.3 is 15.5 Å². The van der Waals surface area contributed by atoms with Crippen molar-refractivity contribution in [3.8, 4) is 0 Å². The zero-order chi connectivity index (χ0) is 14.9. The lowest BCUT2D eigenvalue weighted by molar-refractivity contribution is 0.816. The number of nitrogens with one attached hydrogen (secondary N) is 2. The Balaban J connectivity index is 1.73. The number of para-hydroxylation sites is 1. The van der Waals surface area contributed by atoms with Gasteiger partial charge in [-0.15, -0.1) is 0 Å². The Morgan fingerprint density at radius 2 is 1.76 bits per heavy atom. The Morgan fingerprint density at radius 3 is 2.48 bits per heavy atom. The summed E-state index contributed by atoms with van der Waals surface area (Å²) in [5.41, 5.74) is 3.38. The highest BCUT2D eigenvalue weighted by Crippen LogP contribution is 2.13. The van der Waals surface area contributed by atoms with Crippen molar-refractivity contribution in [3.05, 3.63) is 48.8 Å². The minimum Gasteiger partial charge on any atom is -0.384 e. The zero-order valence-corrected chi connectivity index (χ0v) is 12.8. The summed E-state index contributed by atoms with van der Waals surface area (Å²) in [6.07, 6.45) is 4.79. The molecule has 0 amide bonds. The first-order chi connectivity index (χ1) is 10.3. The normalized spacial score (nSPS) is 10.2. The highest BCUT2D eigenvalue weighted by Gasteiger charge is 2.00. The van der Waals surface area contributed by atoms with Crippen molar-refractivity contribution in [2.75, 3.05) is 42.2 Å². The van der Waals surface area contributed by atoms with Crippen molar-refractivity contribution in [1.82, 2.24) is 4.98 Å². The molecule has 21 heavy (non-hydrogen) atoms. The Hall–Kier alpha value is -2.23. The van der Waals surface area contributed by atoms with Crippen molar-refractivity contribution in [3.63, 3.8) is 0 Å². The van der Waals surface area contributed by atoms with E-state index in [9.17, 15) is 0 Å². The highest BCUT2D eigenvalue weighted by atomic mass is 15.1. The maximum Gasteiger partial charge on any atom is 0.0547 e. The van der Waals surface area contributed by atoms with Crippen LogP contribution in [0.3, 0.4) is 0 Å². The average molecular weight is 284 g/mol. The largest absolute Gasteiger partial charge is 0.384 e. The monoisotopic (exact) mass is 284 g/mol. The number of anilines is 3. The SMILES string of the molecule is CCNc1cncc(NCCCN(C)c2ccccc2)c1. The Labute approximate surface area is 127 Å². The molecule has 0 aliphatic carbocycles. The number of pyridine rings is 1. The average Bonchev–Trinajstić information content (AvgIpc) is 2.53. The lowest BCUT2D eigenvalue weighted by Crippen LogP contribution is -2.20. The number of benzene rings is 1. The molecular weight excluding hydrogens is 260 g/mol. The minimum absolute atomic E-state index is 0.910. The standard InChI is InChI=1S/C17H24N4/c1-3-19-15-12-16(14-18-13-15)20-10-7-11-21(2)17-8-5-4-6-9-17/h4-6,8-9,12-14,19-20H,3,7,10-11H2,1-2H3.